The van der Waals surface area contributed by atoms with E-state index in [1.807, 2.05) is 0 Å². The number of carbonyl (C=O) groups is 1. The molecule has 2 aromatic carbocycles. The normalized spacial score (nSPS) is 10.3. The third kappa shape index (κ3) is 3.22. The molecule has 0 saturated carbocycles. The molecule has 2 aromatic rings. The highest BCUT2D eigenvalue weighted by Crippen LogP contribution is 2.30. The highest BCUT2D eigenvalue weighted by atomic mass is 35.5. The van der Waals surface area contributed by atoms with Crippen LogP contribution in [0.1, 0.15) is 10.4 Å². The third-order valence-corrected chi connectivity index (χ3v) is 3.03. The SMILES string of the molecule is COC(=O)c1cc(Nc2c(F)cc(F)cc2Cl)ccc1N. The van der Waals surface area contributed by atoms with Crippen molar-refractivity contribution in [2.75, 3.05) is 18.2 Å². The van der Waals surface area contributed by atoms with Gasteiger partial charge >= 0.3 is 5.97 Å². The Kier molecular flexibility index (Phi) is 4.28. The quantitative estimate of drug-likeness (QED) is 0.669. The predicted octanol–water partition coefficient (Wildman–Crippen LogP) is 3.73. The summed E-state index contributed by atoms with van der Waals surface area (Å²) in [5.41, 5.74) is 6.27. The second-order valence-corrected chi connectivity index (χ2v) is 4.57. The van der Waals surface area contributed by atoms with Gasteiger partial charge in [0.25, 0.3) is 0 Å². The van der Waals surface area contributed by atoms with Gasteiger partial charge in [0.1, 0.15) is 5.82 Å². The molecule has 2 rings (SSSR count). The van der Waals surface area contributed by atoms with E-state index in [9.17, 15) is 13.6 Å². The molecule has 0 unspecified atom stereocenters. The van der Waals surface area contributed by atoms with Crippen LogP contribution in [-0.4, -0.2) is 13.1 Å². The lowest BCUT2D eigenvalue weighted by Crippen LogP contribution is -2.06. The van der Waals surface area contributed by atoms with E-state index in [4.69, 9.17) is 17.3 Å². The summed E-state index contributed by atoms with van der Waals surface area (Å²) in [6.07, 6.45) is 0. The van der Waals surface area contributed by atoms with Gasteiger partial charge < -0.3 is 15.8 Å². The molecule has 0 spiro atoms. The van der Waals surface area contributed by atoms with Crippen LogP contribution in [0.4, 0.5) is 25.8 Å². The highest BCUT2D eigenvalue weighted by Gasteiger charge is 2.14. The number of nitrogen functional groups attached to an aromatic ring is 1. The molecule has 4 nitrogen and oxygen atoms in total. The lowest BCUT2D eigenvalue weighted by Gasteiger charge is -2.12. The van der Waals surface area contributed by atoms with Crippen LogP contribution in [0.2, 0.25) is 5.02 Å². The molecule has 3 N–H and O–H groups in total. The van der Waals surface area contributed by atoms with Crippen molar-refractivity contribution in [2.24, 2.45) is 0 Å². The van der Waals surface area contributed by atoms with Crippen LogP contribution in [0.3, 0.4) is 0 Å². The average molecular weight is 313 g/mol. The number of esters is 1. The second-order valence-electron chi connectivity index (χ2n) is 4.16. The number of rotatable bonds is 3. The number of ether oxygens (including phenoxy) is 1. The molecular formula is C14H11ClF2N2O2. The fraction of sp³-hybridized carbons (Fsp3) is 0.0714. The van der Waals surface area contributed by atoms with Crippen LogP contribution < -0.4 is 11.1 Å². The Balaban J connectivity index is 2.39. The van der Waals surface area contributed by atoms with Crippen LogP contribution in [0, 0.1) is 11.6 Å². The zero-order chi connectivity index (χ0) is 15.6. The number of carbonyl (C=O) groups excluding carboxylic acids is 1. The standard InChI is InChI=1S/C14H11ClF2N2O2/c1-21-14(20)9-6-8(2-3-12(9)18)19-13-10(15)4-7(16)5-11(13)17/h2-6,19H,18H2,1H3. The molecule has 0 amide bonds. The highest BCUT2D eigenvalue weighted by molar-refractivity contribution is 6.33. The summed E-state index contributed by atoms with van der Waals surface area (Å²) in [4.78, 5) is 11.5. The van der Waals surface area contributed by atoms with Gasteiger partial charge in [-0.25, -0.2) is 13.6 Å². The van der Waals surface area contributed by atoms with Crippen LogP contribution in [0.15, 0.2) is 30.3 Å². The lowest BCUT2D eigenvalue weighted by atomic mass is 10.1. The number of hydrogen-bond donors (Lipinski definition) is 2. The second kappa shape index (κ2) is 5.97. The van der Waals surface area contributed by atoms with Crippen molar-refractivity contribution < 1.29 is 18.3 Å². The fourth-order valence-corrected chi connectivity index (χ4v) is 1.97. The Morgan fingerprint density at radius 1 is 1.29 bits per heavy atom. The first kappa shape index (κ1) is 15.1. The van der Waals surface area contributed by atoms with Gasteiger partial charge in [-0.15, -0.1) is 0 Å². The van der Waals surface area contributed by atoms with E-state index in [1.54, 1.807) is 0 Å². The Morgan fingerprint density at radius 3 is 2.62 bits per heavy atom. The predicted molar refractivity (Wildman–Crippen MR) is 76.8 cm³/mol. The molecule has 0 fully saturated rings. The van der Waals surface area contributed by atoms with E-state index >= 15 is 0 Å². The van der Waals surface area contributed by atoms with Crippen molar-refractivity contribution in [3.8, 4) is 0 Å². The Bertz CT molecular complexity index is 684. The van der Waals surface area contributed by atoms with Crippen molar-refractivity contribution in [1.29, 1.82) is 0 Å². The van der Waals surface area contributed by atoms with Gasteiger partial charge in [-0.3, -0.25) is 0 Å². The molecule has 0 radical (unpaired) electrons. The maximum absolute atomic E-state index is 13.7. The van der Waals surface area contributed by atoms with Crippen molar-refractivity contribution in [2.45, 2.75) is 0 Å². The van der Waals surface area contributed by atoms with Crippen molar-refractivity contribution in [1.82, 2.24) is 0 Å². The maximum atomic E-state index is 13.7. The Hall–Kier alpha value is -2.34. The van der Waals surface area contributed by atoms with E-state index < -0.39 is 17.6 Å². The summed E-state index contributed by atoms with van der Waals surface area (Å²) in [5, 5.41) is 2.56. The monoisotopic (exact) mass is 312 g/mol. The van der Waals surface area contributed by atoms with E-state index in [-0.39, 0.29) is 22.0 Å². The largest absolute Gasteiger partial charge is 0.465 e. The molecule has 0 aromatic heterocycles. The zero-order valence-electron chi connectivity index (χ0n) is 10.9. The molecule has 0 heterocycles. The van der Waals surface area contributed by atoms with Crippen LogP contribution >= 0.6 is 11.6 Å². The number of hydrogen-bond acceptors (Lipinski definition) is 4. The van der Waals surface area contributed by atoms with Crippen LogP contribution in [0.25, 0.3) is 0 Å². The van der Waals surface area contributed by atoms with Gasteiger partial charge in [-0.2, -0.15) is 0 Å². The van der Waals surface area contributed by atoms with E-state index in [1.165, 1.54) is 25.3 Å². The summed E-state index contributed by atoms with van der Waals surface area (Å²) in [7, 11) is 1.22. The van der Waals surface area contributed by atoms with Gasteiger partial charge in [-0.1, -0.05) is 11.6 Å². The van der Waals surface area contributed by atoms with Crippen LogP contribution in [0.5, 0.6) is 0 Å². The molecular weight excluding hydrogens is 302 g/mol. The number of nitrogens with two attached hydrogens (primary N) is 1. The molecule has 0 aliphatic rings. The van der Waals surface area contributed by atoms with Gasteiger partial charge in [0, 0.05) is 17.4 Å². The molecule has 21 heavy (non-hydrogen) atoms. The first-order valence-corrected chi connectivity index (χ1v) is 6.19. The molecule has 0 aliphatic heterocycles. The number of anilines is 3. The Labute approximate surface area is 124 Å². The minimum Gasteiger partial charge on any atom is -0.465 e. The fourth-order valence-electron chi connectivity index (χ4n) is 1.73. The molecule has 110 valence electrons. The van der Waals surface area contributed by atoms with Gasteiger partial charge in [0.05, 0.1) is 23.4 Å². The molecule has 7 heteroatoms. The molecule has 0 atom stereocenters. The number of halogens is 3. The lowest BCUT2D eigenvalue weighted by molar-refractivity contribution is 0.0602. The minimum absolute atomic E-state index is 0.0985. The molecule has 0 saturated heterocycles. The number of nitrogens with one attached hydrogen (secondary N) is 1. The van der Waals surface area contributed by atoms with Crippen molar-refractivity contribution >= 4 is 34.6 Å². The van der Waals surface area contributed by atoms with E-state index in [0.29, 0.717) is 11.8 Å². The summed E-state index contributed by atoms with van der Waals surface area (Å²) in [6, 6.07) is 6.06. The van der Waals surface area contributed by atoms with E-state index in [2.05, 4.69) is 10.1 Å². The summed E-state index contributed by atoms with van der Waals surface area (Å²) < 4.78 is 31.3. The van der Waals surface area contributed by atoms with Gasteiger partial charge in [0.2, 0.25) is 0 Å². The van der Waals surface area contributed by atoms with Crippen molar-refractivity contribution in [3.05, 3.63) is 52.6 Å². The van der Waals surface area contributed by atoms with Gasteiger partial charge in [0.15, 0.2) is 5.82 Å². The first-order chi connectivity index (χ1) is 9.92. The smallest absolute Gasteiger partial charge is 0.340 e. The van der Waals surface area contributed by atoms with Crippen LogP contribution in [-0.2, 0) is 4.74 Å². The topological polar surface area (TPSA) is 64.3 Å². The van der Waals surface area contributed by atoms with E-state index in [0.717, 1.165) is 6.07 Å². The third-order valence-electron chi connectivity index (χ3n) is 2.73. The minimum atomic E-state index is -0.851. The summed E-state index contributed by atoms with van der Waals surface area (Å²) in [5.74, 6) is -2.26. The molecule has 0 aliphatic carbocycles. The Morgan fingerprint density at radius 2 is 2.00 bits per heavy atom. The summed E-state index contributed by atoms with van der Waals surface area (Å²) >= 11 is 5.79. The van der Waals surface area contributed by atoms with Gasteiger partial charge in [-0.05, 0) is 24.3 Å². The number of methoxy groups -OCH3 is 1. The van der Waals surface area contributed by atoms with Crippen molar-refractivity contribution in [3.63, 3.8) is 0 Å². The summed E-state index contributed by atoms with van der Waals surface area (Å²) in [6.45, 7) is 0. The first-order valence-electron chi connectivity index (χ1n) is 5.81. The molecule has 0 bridgehead atoms. The zero-order valence-corrected chi connectivity index (χ0v) is 11.7. The maximum Gasteiger partial charge on any atom is 0.340 e. The average Bonchev–Trinajstić information content (AvgIpc) is 2.43. The number of benzene rings is 2.